The van der Waals surface area contributed by atoms with Gasteiger partial charge in [-0.25, -0.2) is 0 Å². The van der Waals surface area contributed by atoms with Gasteiger partial charge in [-0.05, 0) is 24.5 Å². The molecule has 0 fully saturated rings. The van der Waals surface area contributed by atoms with E-state index in [1.54, 1.807) is 0 Å². The largest absolute Gasteiger partial charge is 0.364 e. The summed E-state index contributed by atoms with van der Waals surface area (Å²) in [7, 11) is 0. The van der Waals surface area contributed by atoms with Gasteiger partial charge in [-0.2, -0.15) is 0 Å². The van der Waals surface area contributed by atoms with Crippen LogP contribution in [0.4, 0.5) is 0 Å². The molecule has 21 heavy (non-hydrogen) atoms. The van der Waals surface area contributed by atoms with Crippen molar-refractivity contribution in [3.05, 3.63) is 78.4 Å². The fraction of sp³-hybridized carbons (Fsp3) is 0.211. The van der Waals surface area contributed by atoms with Gasteiger partial charge in [-0.1, -0.05) is 74.2 Å². The Kier molecular flexibility index (Phi) is 5.33. The molecule has 0 bridgehead atoms. The molecule has 0 heterocycles. The standard InChI is InChI=1S/C19H22N2/c1-4-19(20-15(2)17-11-7-5-8-12-17)21-16(3)18-13-9-6-10-14-18/h5-14,19-20H,2,4H2,1,3H3/b21-16+. The lowest BCUT2D eigenvalue weighted by Crippen LogP contribution is -2.25. The molecule has 2 heteroatoms. The molecule has 0 radical (unpaired) electrons. The number of aliphatic imine (C=N–C) groups is 1. The van der Waals surface area contributed by atoms with Crippen LogP contribution in [0.25, 0.3) is 5.70 Å². The molecule has 0 amide bonds. The van der Waals surface area contributed by atoms with Crippen molar-refractivity contribution in [1.29, 1.82) is 0 Å². The van der Waals surface area contributed by atoms with Gasteiger partial charge >= 0.3 is 0 Å². The van der Waals surface area contributed by atoms with Crippen LogP contribution < -0.4 is 5.32 Å². The minimum Gasteiger partial charge on any atom is -0.364 e. The van der Waals surface area contributed by atoms with E-state index in [-0.39, 0.29) is 6.17 Å². The predicted octanol–water partition coefficient (Wildman–Crippen LogP) is 4.49. The van der Waals surface area contributed by atoms with Crippen LogP contribution in [0.15, 0.2) is 72.2 Å². The van der Waals surface area contributed by atoms with E-state index in [2.05, 4.69) is 43.1 Å². The summed E-state index contributed by atoms with van der Waals surface area (Å²) in [5.74, 6) is 0. The van der Waals surface area contributed by atoms with E-state index in [9.17, 15) is 0 Å². The van der Waals surface area contributed by atoms with Crippen LogP contribution in [0.2, 0.25) is 0 Å². The first-order chi connectivity index (χ1) is 10.2. The van der Waals surface area contributed by atoms with Gasteiger partial charge in [0.2, 0.25) is 0 Å². The zero-order valence-electron chi connectivity index (χ0n) is 12.7. The third kappa shape index (κ3) is 4.32. The van der Waals surface area contributed by atoms with Crippen LogP contribution in [0.1, 0.15) is 31.4 Å². The Bertz CT molecular complexity index is 600. The second kappa shape index (κ2) is 7.44. The highest BCUT2D eigenvalue weighted by Gasteiger charge is 2.07. The van der Waals surface area contributed by atoms with Crippen LogP contribution in [-0.4, -0.2) is 11.9 Å². The lowest BCUT2D eigenvalue weighted by atomic mass is 10.1. The second-order valence-corrected chi connectivity index (χ2v) is 4.99. The molecule has 2 rings (SSSR count). The van der Waals surface area contributed by atoms with Gasteiger partial charge in [-0.3, -0.25) is 4.99 Å². The summed E-state index contributed by atoms with van der Waals surface area (Å²) in [5, 5.41) is 3.40. The molecule has 1 N–H and O–H groups in total. The van der Waals surface area contributed by atoms with Crippen LogP contribution in [-0.2, 0) is 0 Å². The predicted molar refractivity (Wildman–Crippen MR) is 91.3 cm³/mol. The van der Waals surface area contributed by atoms with Gasteiger partial charge < -0.3 is 5.32 Å². The van der Waals surface area contributed by atoms with E-state index in [1.165, 1.54) is 0 Å². The van der Waals surface area contributed by atoms with Gasteiger partial charge in [0.25, 0.3) is 0 Å². The summed E-state index contributed by atoms with van der Waals surface area (Å²) in [5.41, 5.74) is 4.20. The minimum absolute atomic E-state index is 0.0397. The molecule has 0 aliphatic carbocycles. The molecule has 0 aromatic heterocycles. The lowest BCUT2D eigenvalue weighted by molar-refractivity contribution is 0.605. The number of benzene rings is 2. The highest BCUT2D eigenvalue weighted by atomic mass is 15.1. The Balaban J connectivity index is 2.08. The summed E-state index contributed by atoms with van der Waals surface area (Å²) in [4.78, 5) is 4.78. The van der Waals surface area contributed by atoms with Crippen LogP contribution in [0, 0.1) is 0 Å². The maximum atomic E-state index is 4.78. The topological polar surface area (TPSA) is 24.4 Å². The SMILES string of the molecule is C=C(NC(CC)/N=C(\C)c1ccccc1)c1ccccc1. The average Bonchev–Trinajstić information content (AvgIpc) is 2.55. The van der Waals surface area contributed by atoms with Crippen molar-refractivity contribution in [2.75, 3.05) is 0 Å². The van der Waals surface area contributed by atoms with Crippen LogP contribution >= 0.6 is 0 Å². The van der Waals surface area contributed by atoms with Crippen molar-refractivity contribution in [3.8, 4) is 0 Å². The molecular formula is C19H22N2. The summed E-state index contributed by atoms with van der Waals surface area (Å²) < 4.78 is 0. The van der Waals surface area contributed by atoms with Gasteiger partial charge in [0.15, 0.2) is 0 Å². The number of nitrogens with zero attached hydrogens (tertiary/aromatic N) is 1. The van der Waals surface area contributed by atoms with Crippen molar-refractivity contribution in [3.63, 3.8) is 0 Å². The minimum atomic E-state index is 0.0397. The Morgan fingerprint density at radius 3 is 2.05 bits per heavy atom. The fourth-order valence-electron chi connectivity index (χ4n) is 2.14. The molecule has 1 atom stereocenters. The van der Waals surface area contributed by atoms with E-state index >= 15 is 0 Å². The maximum absolute atomic E-state index is 4.78. The smallest absolute Gasteiger partial charge is 0.118 e. The molecule has 108 valence electrons. The van der Waals surface area contributed by atoms with Crippen molar-refractivity contribution in [2.24, 2.45) is 4.99 Å². The van der Waals surface area contributed by atoms with Crippen LogP contribution in [0.3, 0.4) is 0 Å². The average molecular weight is 278 g/mol. The molecule has 2 aromatic carbocycles. The van der Waals surface area contributed by atoms with Crippen molar-refractivity contribution in [2.45, 2.75) is 26.4 Å². The number of hydrogen-bond donors (Lipinski definition) is 1. The fourth-order valence-corrected chi connectivity index (χ4v) is 2.14. The van der Waals surface area contributed by atoms with Crippen molar-refractivity contribution < 1.29 is 0 Å². The van der Waals surface area contributed by atoms with Gasteiger partial charge in [0, 0.05) is 11.4 Å². The van der Waals surface area contributed by atoms with E-state index in [1.807, 2.05) is 43.3 Å². The zero-order valence-corrected chi connectivity index (χ0v) is 12.7. The first-order valence-electron chi connectivity index (χ1n) is 7.31. The molecule has 0 spiro atoms. The highest BCUT2D eigenvalue weighted by Crippen LogP contribution is 2.11. The molecule has 0 saturated heterocycles. The van der Waals surface area contributed by atoms with Crippen LogP contribution in [0.5, 0.6) is 0 Å². The van der Waals surface area contributed by atoms with E-state index in [4.69, 9.17) is 4.99 Å². The third-order valence-corrected chi connectivity index (χ3v) is 3.39. The van der Waals surface area contributed by atoms with Gasteiger partial charge in [-0.15, -0.1) is 0 Å². The summed E-state index contributed by atoms with van der Waals surface area (Å²) in [6.07, 6.45) is 0.952. The molecule has 0 aliphatic heterocycles. The molecular weight excluding hydrogens is 256 g/mol. The van der Waals surface area contributed by atoms with E-state index in [0.29, 0.717) is 0 Å². The first-order valence-corrected chi connectivity index (χ1v) is 7.31. The lowest BCUT2D eigenvalue weighted by Gasteiger charge is -2.17. The summed E-state index contributed by atoms with van der Waals surface area (Å²) in [6, 6.07) is 20.4. The maximum Gasteiger partial charge on any atom is 0.118 e. The highest BCUT2D eigenvalue weighted by molar-refractivity contribution is 5.98. The third-order valence-electron chi connectivity index (χ3n) is 3.39. The Morgan fingerprint density at radius 1 is 1.00 bits per heavy atom. The number of hydrogen-bond acceptors (Lipinski definition) is 2. The molecule has 1 unspecified atom stereocenters. The van der Waals surface area contributed by atoms with E-state index in [0.717, 1.165) is 29.0 Å². The molecule has 2 aromatic rings. The number of nitrogens with one attached hydrogen (secondary N) is 1. The van der Waals surface area contributed by atoms with Gasteiger partial charge in [0.05, 0.1) is 0 Å². The molecule has 2 nitrogen and oxygen atoms in total. The monoisotopic (exact) mass is 278 g/mol. The second-order valence-electron chi connectivity index (χ2n) is 4.99. The molecule has 0 saturated carbocycles. The molecule has 0 aliphatic rings. The van der Waals surface area contributed by atoms with Crippen molar-refractivity contribution >= 4 is 11.4 Å². The van der Waals surface area contributed by atoms with Gasteiger partial charge in [0.1, 0.15) is 6.17 Å². The van der Waals surface area contributed by atoms with E-state index < -0.39 is 0 Å². The summed E-state index contributed by atoms with van der Waals surface area (Å²) >= 11 is 0. The number of rotatable bonds is 6. The first kappa shape index (κ1) is 15.0. The normalized spacial score (nSPS) is 12.8. The quantitative estimate of drug-likeness (QED) is 0.773. The Hall–Kier alpha value is -2.35. The Labute approximate surface area is 127 Å². The summed E-state index contributed by atoms with van der Waals surface area (Å²) in [6.45, 7) is 8.28. The van der Waals surface area contributed by atoms with Crippen molar-refractivity contribution in [1.82, 2.24) is 5.32 Å². The Morgan fingerprint density at radius 2 is 1.52 bits per heavy atom. The zero-order chi connectivity index (χ0) is 15.1.